The minimum Gasteiger partial charge on any atom is -0.350 e. The maximum absolute atomic E-state index is 13.7. The maximum Gasteiger partial charge on any atom is 0.244 e. The van der Waals surface area contributed by atoms with Gasteiger partial charge in [-0.15, -0.1) is 0 Å². The Morgan fingerprint density at radius 3 is 2.11 bits per heavy atom. The van der Waals surface area contributed by atoms with Crippen molar-refractivity contribution in [3.05, 3.63) is 63.6 Å². The Kier molecular flexibility index (Phi) is 10.2. The lowest BCUT2D eigenvalue weighted by atomic mass is 10.1. The van der Waals surface area contributed by atoms with E-state index in [2.05, 4.69) is 5.32 Å². The van der Waals surface area contributed by atoms with Crippen LogP contribution in [0.1, 0.15) is 52.2 Å². The number of nitrogens with zero attached hydrogens (tertiary/aromatic N) is 2. The van der Waals surface area contributed by atoms with Gasteiger partial charge in [0.05, 0.1) is 11.9 Å². The SMILES string of the molecule is CCc1ccc(N(CC(=O)N(Cc2ccc(Cl)cc2Cl)[C@@H](CC)C(=O)NC(C)(C)C)S(C)(=O)=O)cc1. The summed E-state index contributed by atoms with van der Waals surface area (Å²) in [6.07, 6.45) is 2.18. The standard InChI is InChI=1S/C26H35Cl2N3O4S/c1-7-18-9-13-21(14-10-18)31(36(6,34)35)17-24(32)30(16-19-11-12-20(27)15-22(19)28)23(8-2)25(33)29-26(3,4)5/h9-15,23H,7-8,16-17H2,1-6H3,(H,29,33)/t23-/m0/s1. The lowest BCUT2D eigenvalue weighted by molar-refractivity contribution is -0.141. The molecule has 0 bridgehead atoms. The van der Waals surface area contributed by atoms with Crippen LogP contribution in [0.15, 0.2) is 42.5 Å². The number of hydrogen-bond acceptors (Lipinski definition) is 4. The van der Waals surface area contributed by atoms with Gasteiger partial charge in [0.25, 0.3) is 0 Å². The average molecular weight is 557 g/mol. The van der Waals surface area contributed by atoms with E-state index in [-0.39, 0.29) is 12.5 Å². The first kappa shape index (κ1) is 29.9. The van der Waals surface area contributed by atoms with Crippen LogP contribution in [0.25, 0.3) is 0 Å². The highest BCUT2D eigenvalue weighted by Gasteiger charge is 2.33. The number of hydrogen-bond donors (Lipinski definition) is 1. The maximum atomic E-state index is 13.7. The topological polar surface area (TPSA) is 86.8 Å². The van der Waals surface area contributed by atoms with E-state index in [0.29, 0.717) is 27.7 Å². The van der Waals surface area contributed by atoms with E-state index >= 15 is 0 Å². The fourth-order valence-corrected chi connectivity index (χ4v) is 5.04. The largest absolute Gasteiger partial charge is 0.350 e. The molecule has 36 heavy (non-hydrogen) atoms. The zero-order valence-electron chi connectivity index (χ0n) is 21.6. The summed E-state index contributed by atoms with van der Waals surface area (Å²) >= 11 is 12.4. The van der Waals surface area contributed by atoms with Crippen LogP contribution in [-0.2, 0) is 32.6 Å². The van der Waals surface area contributed by atoms with Crippen molar-refractivity contribution in [2.24, 2.45) is 0 Å². The number of amides is 2. The third kappa shape index (κ3) is 8.39. The quantitative estimate of drug-likeness (QED) is 0.444. The highest BCUT2D eigenvalue weighted by molar-refractivity contribution is 7.92. The normalized spacial score (nSPS) is 12.7. The number of aryl methyl sites for hydroxylation is 1. The summed E-state index contributed by atoms with van der Waals surface area (Å²) in [5.74, 6) is -0.858. The summed E-state index contributed by atoms with van der Waals surface area (Å²) in [7, 11) is -3.79. The predicted molar refractivity (Wildman–Crippen MR) is 147 cm³/mol. The van der Waals surface area contributed by atoms with Crippen molar-refractivity contribution in [1.29, 1.82) is 0 Å². The molecule has 0 fully saturated rings. The second kappa shape index (κ2) is 12.3. The molecular formula is C26H35Cl2N3O4S. The molecule has 2 amide bonds. The number of carbonyl (C=O) groups is 2. The highest BCUT2D eigenvalue weighted by Crippen LogP contribution is 2.25. The smallest absolute Gasteiger partial charge is 0.244 e. The summed E-state index contributed by atoms with van der Waals surface area (Å²) in [5.41, 5.74) is 1.49. The van der Waals surface area contributed by atoms with Gasteiger partial charge in [-0.05, 0) is 69.0 Å². The lowest BCUT2D eigenvalue weighted by Crippen LogP contribution is -2.55. The van der Waals surface area contributed by atoms with E-state index < -0.39 is 34.1 Å². The number of nitrogens with one attached hydrogen (secondary N) is 1. The minimum atomic E-state index is -3.79. The van der Waals surface area contributed by atoms with Gasteiger partial charge in [0.1, 0.15) is 12.6 Å². The molecule has 0 saturated carbocycles. The molecule has 2 aromatic carbocycles. The third-order valence-electron chi connectivity index (χ3n) is 5.55. The molecule has 0 aromatic heterocycles. The highest BCUT2D eigenvalue weighted by atomic mass is 35.5. The van der Waals surface area contributed by atoms with E-state index in [1.165, 1.54) is 4.90 Å². The molecule has 1 atom stereocenters. The van der Waals surface area contributed by atoms with Gasteiger partial charge < -0.3 is 10.2 Å². The van der Waals surface area contributed by atoms with E-state index in [0.717, 1.165) is 22.5 Å². The minimum absolute atomic E-state index is 0.0112. The summed E-state index contributed by atoms with van der Waals surface area (Å²) in [5, 5.41) is 3.72. The Morgan fingerprint density at radius 1 is 1.03 bits per heavy atom. The first-order valence-electron chi connectivity index (χ1n) is 11.8. The van der Waals surface area contributed by atoms with Crippen molar-refractivity contribution in [2.75, 3.05) is 17.1 Å². The Morgan fingerprint density at radius 2 is 1.64 bits per heavy atom. The molecule has 10 heteroatoms. The second-order valence-electron chi connectivity index (χ2n) is 9.71. The molecule has 7 nitrogen and oxygen atoms in total. The zero-order valence-corrected chi connectivity index (χ0v) is 24.0. The molecule has 0 aliphatic rings. The van der Waals surface area contributed by atoms with Crippen LogP contribution in [0.3, 0.4) is 0 Å². The number of rotatable bonds is 10. The molecule has 1 N–H and O–H groups in total. The Bertz CT molecular complexity index is 1180. The Hall–Kier alpha value is -2.29. The third-order valence-corrected chi connectivity index (χ3v) is 7.28. The average Bonchev–Trinajstić information content (AvgIpc) is 2.76. The molecule has 0 radical (unpaired) electrons. The molecule has 2 rings (SSSR count). The van der Waals surface area contributed by atoms with E-state index in [4.69, 9.17) is 23.2 Å². The van der Waals surface area contributed by atoms with Gasteiger partial charge in [-0.3, -0.25) is 13.9 Å². The fraction of sp³-hybridized carbons (Fsp3) is 0.462. The van der Waals surface area contributed by atoms with Crippen molar-refractivity contribution < 1.29 is 18.0 Å². The molecule has 2 aromatic rings. The monoisotopic (exact) mass is 555 g/mol. The second-order valence-corrected chi connectivity index (χ2v) is 12.5. The summed E-state index contributed by atoms with van der Waals surface area (Å²) in [4.78, 5) is 28.3. The van der Waals surface area contributed by atoms with Gasteiger partial charge in [-0.2, -0.15) is 0 Å². The number of halogens is 2. The van der Waals surface area contributed by atoms with Gasteiger partial charge >= 0.3 is 0 Å². The summed E-state index contributed by atoms with van der Waals surface area (Å²) in [6.45, 7) is 8.91. The summed E-state index contributed by atoms with van der Waals surface area (Å²) < 4.78 is 26.4. The number of carbonyl (C=O) groups excluding carboxylic acids is 2. The van der Waals surface area contributed by atoms with Crippen molar-refractivity contribution in [3.63, 3.8) is 0 Å². The van der Waals surface area contributed by atoms with Crippen molar-refractivity contribution in [3.8, 4) is 0 Å². The lowest BCUT2D eigenvalue weighted by Gasteiger charge is -2.34. The van der Waals surface area contributed by atoms with Crippen LogP contribution in [0.4, 0.5) is 5.69 Å². The van der Waals surface area contributed by atoms with Crippen LogP contribution in [0.2, 0.25) is 10.0 Å². The number of anilines is 1. The fourth-order valence-electron chi connectivity index (χ4n) is 3.72. The van der Waals surface area contributed by atoms with E-state index in [1.807, 2.05) is 39.8 Å². The van der Waals surface area contributed by atoms with Crippen molar-refractivity contribution in [1.82, 2.24) is 10.2 Å². The van der Waals surface area contributed by atoms with Crippen LogP contribution in [-0.4, -0.2) is 49.5 Å². The molecule has 0 aliphatic carbocycles. The van der Waals surface area contributed by atoms with Crippen molar-refractivity contribution >= 4 is 50.7 Å². The molecular weight excluding hydrogens is 521 g/mol. The van der Waals surface area contributed by atoms with E-state index in [1.54, 1.807) is 37.3 Å². The number of sulfonamides is 1. The van der Waals surface area contributed by atoms with Gasteiger partial charge in [0, 0.05) is 22.1 Å². The molecule has 0 unspecified atom stereocenters. The van der Waals surface area contributed by atoms with Gasteiger partial charge in [0.2, 0.25) is 21.8 Å². The molecule has 0 aliphatic heterocycles. The van der Waals surface area contributed by atoms with Crippen LogP contribution in [0.5, 0.6) is 0 Å². The first-order valence-corrected chi connectivity index (χ1v) is 14.4. The zero-order chi connectivity index (χ0) is 27.3. The molecule has 198 valence electrons. The Labute approximate surface area is 224 Å². The van der Waals surface area contributed by atoms with Crippen LogP contribution >= 0.6 is 23.2 Å². The number of benzene rings is 2. The first-order chi connectivity index (χ1) is 16.7. The van der Waals surface area contributed by atoms with Gasteiger partial charge in [0.15, 0.2) is 0 Å². The molecule has 0 heterocycles. The van der Waals surface area contributed by atoms with Crippen LogP contribution in [0, 0.1) is 0 Å². The summed E-state index contributed by atoms with van der Waals surface area (Å²) in [6, 6.07) is 11.1. The van der Waals surface area contributed by atoms with Crippen molar-refractivity contribution in [2.45, 2.75) is 65.6 Å². The van der Waals surface area contributed by atoms with E-state index in [9.17, 15) is 18.0 Å². The van der Waals surface area contributed by atoms with Gasteiger partial charge in [-0.25, -0.2) is 8.42 Å². The Balaban J connectivity index is 2.48. The van der Waals surface area contributed by atoms with Gasteiger partial charge in [-0.1, -0.05) is 55.2 Å². The van der Waals surface area contributed by atoms with Crippen LogP contribution < -0.4 is 9.62 Å². The predicted octanol–water partition coefficient (Wildman–Crippen LogP) is 5.04. The molecule has 0 saturated heterocycles. The molecule has 0 spiro atoms.